The number of pyridine rings is 1. The first-order chi connectivity index (χ1) is 6.59. The number of halogens is 2. The van der Waals surface area contributed by atoms with Gasteiger partial charge in [0.05, 0.1) is 6.20 Å². The maximum absolute atomic E-state index is 13.2. The van der Waals surface area contributed by atoms with Gasteiger partial charge in [0.2, 0.25) is 0 Å². The Bertz CT molecular complexity index is 523. The zero-order chi connectivity index (χ0) is 10.3. The SMILES string of the molecule is O=C(O)c1cnc2c(F)cc(Br)cn12. The topological polar surface area (TPSA) is 54.6 Å². The minimum Gasteiger partial charge on any atom is -0.477 e. The molecule has 0 spiro atoms. The van der Waals surface area contributed by atoms with Gasteiger partial charge < -0.3 is 5.11 Å². The fraction of sp³-hybridized carbons (Fsp3) is 0. The number of carboxylic acid groups (broad SMARTS) is 1. The third kappa shape index (κ3) is 1.27. The normalized spacial score (nSPS) is 10.7. The van der Waals surface area contributed by atoms with Crippen molar-refractivity contribution in [2.75, 3.05) is 0 Å². The first-order valence-corrected chi connectivity index (χ1v) is 4.44. The van der Waals surface area contributed by atoms with Crippen LogP contribution in [-0.2, 0) is 0 Å². The number of carboxylic acids is 1. The Balaban J connectivity index is 2.85. The molecule has 72 valence electrons. The molecule has 0 saturated carbocycles. The van der Waals surface area contributed by atoms with Crippen molar-refractivity contribution in [3.05, 3.63) is 34.4 Å². The summed E-state index contributed by atoms with van der Waals surface area (Å²) < 4.78 is 14.9. The summed E-state index contributed by atoms with van der Waals surface area (Å²) in [4.78, 5) is 14.4. The van der Waals surface area contributed by atoms with Crippen molar-refractivity contribution in [3.63, 3.8) is 0 Å². The second kappa shape index (κ2) is 3.06. The first kappa shape index (κ1) is 9.14. The van der Waals surface area contributed by atoms with Crippen LogP contribution in [0.15, 0.2) is 22.9 Å². The van der Waals surface area contributed by atoms with E-state index in [1.807, 2.05) is 0 Å². The summed E-state index contributed by atoms with van der Waals surface area (Å²) in [6.07, 6.45) is 2.57. The van der Waals surface area contributed by atoms with Gasteiger partial charge in [-0.15, -0.1) is 0 Å². The Labute approximate surface area is 86.1 Å². The van der Waals surface area contributed by atoms with Crippen molar-refractivity contribution in [2.24, 2.45) is 0 Å². The second-order valence-corrected chi connectivity index (χ2v) is 3.56. The van der Waals surface area contributed by atoms with E-state index in [1.54, 1.807) is 0 Å². The van der Waals surface area contributed by atoms with E-state index < -0.39 is 11.8 Å². The van der Waals surface area contributed by atoms with E-state index in [2.05, 4.69) is 20.9 Å². The van der Waals surface area contributed by atoms with Crippen LogP contribution >= 0.6 is 15.9 Å². The molecule has 0 aliphatic heterocycles. The maximum Gasteiger partial charge on any atom is 0.354 e. The molecule has 0 unspecified atom stereocenters. The van der Waals surface area contributed by atoms with Crippen LogP contribution in [-0.4, -0.2) is 20.5 Å². The maximum atomic E-state index is 13.2. The van der Waals surface area contributed by atoms with Crippen LogP contribution in [0.4, 0.5) is 4.39 Å². The highest BCUT2D eigenvalue weighted by molar-refractivity contribution is 9.10. The van der Waals surface area contributed by atoms with E-state index in [-0.39, 0.29) is 11.3 Å². The lowest BCUT2D eigenvalue weighted by Gasteiger charge is -1.98. The van der Waals surface area contributed by atoms with Crippen LogP contribution < -0.4 is 0 Å². The molecule has 14 heavy (non-hydrogen) atoms. The highest BCUT2D eigenvalue weighted by atomic mass is 79.9. The van der Waals surface area contributed by atoms with E-state index >= 15 is 0 Å². The lowest BCUT2D eigenvalue weighted by molar-refractivity contribution is 0.0689. The Hall–Kier alpha value is -1.43. The number of imidazole rings is 1. The Morgan fingerprint density at radius 2 is 2.36 bits per heavy atom. The molecular weight excluding hydrogens is 255 g/mol. The summed E-state index contributed by atoms with van der Waals surface area (Å²) in [5, 5.41) is 8.75. The number of fused-ring (bicyclic) bond motifs is 1. The number of aromatic carboxylic acids is 1. The summed E-state index contributed by atoms with van der Waals surface area (Å²) in [6.45, 7) is 0. The van der Waals surface area contributed by atoms with Crippen molar-refractivity contribution in [2.45, 2.75) is 0 Å². The van der Waals surface area contributed by atoms with Crippen LogP contribution in [0.1, 0.15) is 10.5 Å². The Kier molecular flexibility index (Phi) is 1.99. The third-order valence-electron chi connectivity index (χ3n) is 1.75. The molecule has 2 rings (SSSR count). The monoisotopic (exact) mass is 258 g/mol. The molecule has 2 aromatic rings. The van der Waals surface area contributed by atoms with Crippen molar-refractivity contribution < 1.29 is 14.3 Å². The number of hydrogen-bond acceptors (Lipinski definition) is 2. The fourth-order valence-corrected chi connectivity index (χ4v) is 1.58. The van der Waals surface area contributed by atoms with Gasteiger partial charge in [-0.05, 0) is 22.0 Å². The molecule has 0 bridgehead atoms. The van der Waals surface area contributed by atoms with Gasteiger partial charge in [0.25, 0.3) is 0 Å². The predicted octanol–water partition coefficient (Wildman–Crippen LogP) is 1.93. The van der Waals surface area contributed by atoms with Crippen molar-refractivity contribution in [1.29, 1.82) is 0 Å². The van der Waals surface area contributed by atoms with Gasteiger partial charge in [-0.3, -0.25) is 4.40 Å². The summed E-state index contributed by atoms with van der Waals surface area (Å²) in [7, 11) is 0. The molecule has 4 nitrogen and oxygen atoms in total. The molecule has 1 N–H and O–H groups in total. The molecule has 0 amide bonds. The summed E-state index contributed by atoms with van der Waals surface area (Å²) in [5.41, 5.74) is -0.0641. The van der Waals surface area contributed by atoms with Gasteiger partial charge in [-0.2, -0.15) is 0 Å². The van der Waals surface area contributed by atoms with Crippen LogP contribution in [0.5, 0.6) is 0 Å². The molecule has 0 saturated heterocycles. The van der Waals surface area contributed by atoms with E-state index in [0.717, 1.165) is 6.20 Å². The van der Waals surface area contributed by atoms with Crippen molar-refractivity contribution >= 4 is 27.5 Å². The molecule has 0 atom stereocenters. The molecule has 0 aromatic carbocycles. The smallest absolute Gasteiger partial charge is 0.354 e. The van der Waals surface area contributed by atoms with E-state index in [4.69, 9.17) is 5.11 Å². The lowest BCUT2D eigenvalue weighted by Crippen LogP contribution is -2.01. The second-order valence-electron chi connectivity index (χ2n) is 2.65. The molecule has 0 aliphatic rings. The minimum absolute atomic E-state index is 0.00519. The van der Waals surface area contributed by atoms with Crippen LogP contribution in [0.25, 0.3) is 5.65 Å². The van der Waals surface area contributed by atoms with Crippen LogP contribution in [0.2, 0.25) is 0 Å². The van der Waals surface area contributed by atoms with Gasteiger partial charge in [-0.25, -0.2) is 14.2 Å². The molecule has 2 heterocycles. The standard InChI is InChI=1S/C8H4BrFN2O2/c9-4-1-5(10)7-11-2-6(8(13)14)12(7)3-4/h1-3H,(H,13,14). The number of rotatable bonds is 1. The third-order valence-corrected chi connectivity index (χ3v) is 2.18. The molecule has 0 fully saturated rings. The molecule has 2 aromatic heterocycles. The predicted molar refractivity (Wildman–Crippen MR) is 49.8 cm³/mol. The number of nitrogens with zero attached hydrogens (tertiary/aromatic N) is 2. The largest absolute Gasteiger partial charge is 0.477 e. The summed E-state index contributed by atoms with van der Waals surface area (Å²) in [5.74, 6) is -1.71. The summed E-state index contributed by atoms with van der Waals surface area (Å²) in [6, 6.07) is 1.23. The summed E-state index contributed by atoms with van der Waals surface area (Å²) >= 11 is 3.07. The molecular formula is C8H4BrFN2O2. The van der Waals surface area contributed by atoms with E-state index in [0.29, 0.717) is 4.47 Å². The lowest BCUT2D eigenvalue weighted by atomic mass is 10.4. The number of carbonyl (C=O) groups is 1. The fourth-order valence-electron chi connectivity index (χ4n) is 1.17. The highest BCUT2D eigenvalue weighted by Gasteiger charge is 2.13. The van der Waals surface area contributed by atoms with Crippen molar-refractivity contribution in [1.82, 2.24) is 9.38 Å². The van der Waals surface area contributed by atoms with Gasteiger partial charge in [-0.1, -0.05) is 0 Å². The van der Waals surface area contributed by atoms with Crippen LogP contribution in [0.3, 0.4) is 0 Å². The van der Waals surface area contributed by atoms with E-state index in [1.165, 1.54) is 16.7 Å². The van der Waals surface area contributed by atoms with Gasteiger partial charge in [0.15, 0.2) is 17.2 Å². The minimum atomic E-state index is -1.14. The zero-order valence-corrected chi connectivity index (χ0v) is 8.32. The molecule has 0 radical (unpaired) electrons. The number of aromatic nitrogens is 2. The van der Waals surface area contributed by atoms with Gasteiger partial charge in [0.1, 0.15) is 0 Å². The Morgan fingerprint density at radius 1 is 1.64 bits per heavy atom. The average Bonchev–Trinajstić information content (AvgIpc) is 2.47. The molecule has 0 aliphatic carbocycles. The number of hydrogen-bond donors (Lipinski definition) is 1. The zero-order valence-electron chi connectivity index (χ0n) is 6.74. The Morgan fingerprint density at radius 3 is 3.00 bits per heavy atom. The van der Waals surface area contributed by atoms with Crippen molar-refractivity contribution in [3.8, 4) is 0 Å². The van der Waals surface area contributed by atoms with Gasteiger partial charge in [0, 0.05) is 10.7 Å². The average molecular weight is 259 g/mol. The van der Waals surface area contributed by atoms with E-state index in [9.17, 15) is 9.18 Å². The highest BCUT2D eigenvalue weighted by Crippen LogP contribution is 2.17. The van der Waals surface area contributed by atoms with Gasteiger partial charge >= 0.3 is 5.97 Å². The quantitative estimate of drug-likeness (QED) is 0.851. The molecule has 6 heteroatoms. The van der Waals surface area contributed by atoms with Crippen LogP contribution in [0, 0.1) is 5.82 Å². The first-order valence-electron chi connectivity index (χ1n) is 3.65.